The van der Waals surface area contributed by atoms with Crippen molar-refractivity contribution in [3.63, 3.8) is 0 Å². The molecule has 0 amide bonds. The van der Waals surface area contributed by atoms with E-state index < -0.39 is 0 Å². The molecule has 3 nitrogen and oxygen atoms in total. The molecule has 0 aliphatic heterocycles. The van der Waals surface area contributed by atoms with Gasteiger partial charge in [-0.3, -0.25) is 9.80 Å². The van der Waals surface area contributed by atoms with Crippen LogP contribution in [0.25, 0.3) is 0 Å². The zero-order valence-electron chi connectivity index (χ0n) is 13.2. The van der Waals surface area contributed by atoms with Crippen LogP contribution in [-0.2, 0) is 0 Å². The summed E-state index contributed by atoms with van der Waals surface area (Å²) >= 11 is 0. The Kier molecular flexibility index (Phi) is 6.30. The second kappa shape index (κ2) is 7.25. The molecule has 0 heterocycles. The summed E-state index contributed by atoms with van der Waals surface area (Å²) in [5.74, 6) is 0. The third-order valence-corrected chi connectivity index (χ3v) is 4.34. The van der Waals surface area contributed by atoms with Gasteiger partial charge in [0.2, 0.25) is 0 Å². The Morgan fingerprint density at radius 3 is 1.28 bits per heavy atom. The first-order valence-electron chi connectivity index (χ1n) is 7.79. The molecule has 2 atom stereocenters. The molecule has 0 aromatic carbocycles. The molecule has 0 aromatic rings. The molecule has 0 saturated heterocycles. The fraction of sp³-hybridized carbons (Fsp3) is 0.933. The highest BCUT2D eigenvalue weighted by molar-refractivity contribution is 6.08. The molecule has 18 heavy (non-hydrogen) atoms. The summed E-state index contributed by atoms with van der Waals surface area (Å²) in [6.07, 6.45) is 0. The number of nitrogens with zero attached hydrogens (tertiary/aromatic N) is 3. The Morgan fingerprint density at radius 1 is 0.722 bits per heavy atom. The van der Waals surface area contributed by atoms with Gasteiger partial charge in [0.15, 0.2) is 5.71 Å². The van der Waals surface area contributed by atoms with E-state index in [1.165, 1.54) is 0 Å². The molecular formula is C15H32N3+. The average Bonchev–Trinajstić information content (AvgIpc) is 3.10. The quantitative estimate of drug-likeness (QED) is 0.612. The summed E-state index contributed by atoms with van der Waals surface area (Å²) in [5.41, 5.74) is 1.66. The smallest absolute Gasteiger partial charge is 0.191 e. The summed E-state index contributed by atoms with van der Waals surface area (Å²) in [6.45, 7) is 20.6. The van der Waals surface area contributed by atoms with Crippen LogP contribution in [0.2, 0.25) is 0 Å². The first-order valence-corrected chi connectivity index (χ1v) is 7.79. The molecular weight excluding hydrogens is 222 g/mol. The van der Waals surface area contributed by atoms with Crippen LogP contribution >= 0.6 is 0 Å². The van der Waals surface area contributed by atoms with E-state index in [0.29, 0.717) is 12.1 Å². The maximum Gasteiger partial charge on any atom is 0.191 e. The monoisotopic (exact) mass is 254 g/mol. The molecule has 0 radical (unpaired) electrons. The molecule has 0 aromatic heterocycles. The normalized spacial score (nSPS) is 23.0. The van der Waals surface area contributed by atoms with Crippen LogP contribution in [0.3, 0.4) is 0 Å². The van der Waals surface area contributed by atoms with Gasteiger partial charge in [0.1, 0.15) is 25.2 Å². The van der Waals surface area contributed by atoms with Gasteiger partial charge in [-0.25, -0.2) is 4.58 Å². The zero-order chi connectivity index (χ0) is 13.7. The van der Waals surface area contributed by atoms with E-state index in [0.717, 1.165) is 39.3 Å². The van der Waals surface area contributed by atoms with Crippen molar-refractivity contribution in [3.8, 4) is 0 Å². The lowest BCUT2D eigenvalue weighted by molar-refractivity contribution is -0.519. The lowest BCUT2D eigenvalue weighted by Gasteiger charge is -2.20. The zero-order valence-corrected chi connectivity index (χ0v) is 13.2. The van der Waals surface area contributed by atoms with Crippen LogP contribution in [-0.4, -0.2) is 71.4 Å². The third-order valence-electron chi connectivity index (χ3n) is 4.34. The van der Waals surface area contributed by atoms with Crippen LogP contribution in [0, 0.1) is 0 Å². The largest absolute Gasteiger partial charge is 0.290 e. The first-order chi connectivity index (χ1) is 8.69. The first kappa shape index (κ1) is 15.6. The van der Waals surface area contributed by atoms with E-state index in [2.05, 4.69) is 55.9 Å². The van der Waals surface area contributed by atoms with Crippen LogP contribution in [0.4, 0.5) is 0 Å². The van der Waals surface area contributed by atoms with Crippen LogP contribution in [0.1, 0.15) is 41.5 Å². The SMILES string of the molecule is CCN(CC)C1C(=[N+](CC)CC)C1N(CC)CC. The van der Waals surface area contributed by atoms with Crippen molar-refractivity contribution >= 4 is 5.71 Å². The molecule has 106 valence electrons. The Labute approximate surface area is 113 Å². The highest BCUT2D eigenvalue weighted by Crippen LogP contribution is 2.30. The van der Waals surface area contributed by atoms with Crippen molar-refractivity contribution in [2.45, 2.75) is 53.6 Å². The Bertz CT molecular complexity index is 251. The van der Waals surface area contributed by atoms with Crippen molar-refractivity contribution in [2.24, 2.45) is 0 Å². The maximum atomic E-state index is 2.61. The summed E-state index contributed by atoms with van der Waals surface area (Å²) in [6, 6.07) is 1.33. The maximum absolute atomic E-state index is 2.61. The van der Waals surface area contributed by atoms with Crippen molar-refractivity contribution in [1.29, 1.82) is 0 Å². The van der Waals surface area contributed by atoms with Crippen molar-refractivity contribution in [1.82, 2.24) is 9.80 Å². The summed E-state index contributed by atoms with van der Waals surface area (Å²) in [5, 5.41) is 0. The van der Waals surface area contributed by atoms with E-state index in [9.17, 15) is 0 Å². The minimum absolute atomic E-state index is 0.666. The Morgan fingerprint density at radius 2 is 1.06 bits per heavy atom. The van der Waals surface area contributed by atoms with Crippen LogP contribution in [0.15, 0.2) is 0 Å². The minimum atomic E-state index is 0.666. The molecule has 1 saturated carbocycles. The number of hydrogen-bond donors (Lipinski definition) is 0. The molecule has 0 bridgehead atoms. The summed E-state index contributed by atoms with van der Waals surface area (Å²) in [7, 11) is 0. The molecule has 1 aliphatic carbocycles. The molecule has 1 fully saturated rings. The van der Waals surface area contributed by atoms with Crippen molar-refractivity contribution < 1.29 is 4.58 Å². The molecule has 0 N–H and O–H groups in total. The van der Waals surface area contributed by atoms with Gasteiger partial charge in [-0.05, 0) is 40.0 Å². The number of rotatable bonds is 8. The van der Waals surface area contributed by atoms with E-state index >= 15 is 0 Å². The van der Waals surface area contributed by atoms with E-state index in [4.69, 9.17) is 0 Å². The topological polar surface area (TPSA) is 9.49 Å². The van der Waals surface area contributed by atoms with Gasteiger partial charge in [-0.1, -0.05) is 27.7 Å². The number of likely N-dealkylation sites (N-methyl/N-ethyl adjacent to an activating group) is 2. The van der Waals surface area contributed by atoms with Crippen LogP contribution < -0.4 is 0 Å². The van der Waals surface area contributed by atoms with E-state index in [1.807, 2.05) is 0 Å². The van der Waals surface area contributed by atoms with Crippen molar-refractivity contribution in [3.05, 3.63) is 0 Å². The van der Waals surface area contributed by atoms with Gasteiger partial charge < -0.3 is 0 Å². The van der Waals surface area contributed by atoms with Gasteiger partial charge in [-0.2, -0.15) is 0 Å². The Balaban J connectivity index is 2.96. The highest BCUT2D eigenvalue weighted by atomic mass is 15.3. The molecule has 1 rings (SSSR count). The minimum Gasteiger partial charge on any atom is -0.290 e. The lowest BCUT2D eigenvalue weighted by atomic mass is 10.4. The molecule has 2 unspecified atom stereocenters. The highest BCUT2D eigenvalue weighted by Gasteiger charge is 2.58. The van der Waals surface area contributed by atoms with E-state index in [-0.39, 0.29) is 0 Å². The van der Waals surface area contributed by atoms with Crippen LogP contribution in [0.5, 0.6) is 0 Å². The van der Waals surface area contributed by atoms with Gasteiger partial charge >= 0.3 is 0 Å². The second-order valence-electron chi connectivity index (χ2n) is 4.93. The third kappa shape index (κ3) is 2.94. The van der Waals surface area contributed by atoms with Gasteiger partial charge in [0.25, 0.3) is 0 Å². The predicted molar refractivity (Wildman–Crippen MR) is 79.8 cm³/mol. The van der Waals surface area contributed by atoms with Crippen molar-refractivity contribution in [2.75, 3.05) is 39.3 Å². The molecule has 0 spiro atoms. The fourth-order valence-corrected chi connectivity index (χ4v) is 3.19. The van der Waals surface area contributed by atoms with E-state index in [1.54, 1.807) is 5.71 Å². The lowest BCUT2D eigenvalue weighted by Crippen LogP contribution is -2.34. The van der Waals surface area contributed by atoms with Gasteiger partial charge in [0, 0.05) is 0 Å². The predicted octanol–water partition coefficient (Wildman–Crippen LogP) is 1.91. The number of hydrogen-bond acceptors (Lipinski definition) is 2. The van der Waals surface area contributed by atoms with Gasteiger partial charge in [0.05, 0.1) is 0 Å². The standard InChI is InChI=1S/C15H32N3/c1-7-16(8-2)13-14(17(9-3)10-4)15(13)18(11-5)12-6/h13-14H,7-12H2,1-6H3/q+1. The molecule has 3 heteroatoms. The second-order valence-corrected chi connectivity index (χ2v) is 4.93. The fourth-order valence-electron chi connectivity index (χ4n) is 3.19. The summed E-state index contributed by atoms with van der Waals surface area (Å²) < 4.78 is 2.56. The molecule has 1 aliphatic rings. The average molecular weight is 254 g/mol. The van der Waals surface area contributed by atoms with Gasteiger partial charge in [-0.15, -0.1) is 0 Å². The Hall–Kier alpha value is -0.410. The summed E-state index contributed by atoms with van der Waals surface area (Å²) in [4.78, 5) is 5.22.